The third kappa shape index (κ3) is 7.81. The summed E-state index contributed by atoms with van der Waals surface area (Å²) < 4.78 is 14.1. The molecule has 1 amide bonds. The van der Waals surface area contributed by atoms with Crippen molar-refractivity contribution in [2.45, 2.75) is 6.61 Å². The van der Waals surface area contributed by atoms with Crippen LogP contribution >= 0.6 is 67.8 Å². The molecule has 3 aromatic rings. The molecule has 0 saturated heterocycles. The van der Waals surface area contributed by atoms with Gasteiger partial charge in [-0.25, -0.2) is 10.2 Å². The molecule has 0 unspecified atom stereocenters. The molecule has 0 aliphatic carbocycles. The van der Waals surface area contributed by atoms with Gasteiger partial charge in [-0.2, -0.15) is 5.10 Å². The van der Waals surface area contributed by atoms with Crippen molar-refractivity contribution in [3.8, 4) is 11.5 Å². The average Bonchev–Trinajstić information content (AvgIpc) is 2.78. The highest BCUT2D eigenvalue weighted by Gasteiger charge is 2.10. The van der Waals surface area contributed by atoms with E-state index < -0.39 is 5.97 Å². The van der Waals surface area contributed by atoms with Gasteiger partial charge < -0.3 is 14.6 Å². The summed E-state index contributed by atoms with van der Waals surface area (Å²) in [4.78, 5) is 22.9. The molecule has 0 fully saturated rings. The number of hydrogen-bond donors (Lipinski definition) is 2. The Bertz CT molecular complexity index is 1160. The van der Waals surface area contributed by atoms with Crippen molar-refractivity contribution < 1.29 is 24.2 Å². The lowest BCUT2D eigenvalue weighted by Gasteiger charge is -2.11. The highest BCUT2D eigenvalue weighted by molar-refractivity contribution is 14.1. The molecule has 0 aliphatic heterocycles. The second-order valence-corrected chi connectivity index (χ2v) is 10.1. The van der Waals surface area contributed by atoms with Crippen LogP contribution < -0.4 is 14.9 Å². The number of carboxylic acid groups (broad SMARTS) is 1. The quantitative estimate of drug-likeness (QED) is 0.175. The van der Waals surface area contributed by atoms with Gasteiger partial charge in [-0.1, -0.05) is 24.3 Å². The first-order chi connectivity index (χ1) is 15.8. The van der Waals surface area contributed by atoms with Crippen molar-refractivity contribution in [1.29, 1.82) is 0 Å². The van der Waals surface area contributed by atoms with Gasteiger partial charge in [-0.15, -0.1) is 0 Å². The number of aromatic carboxylic acids is 1. The molecule has 0 heterocycles. The van der Waals surface area contributed by atoms with Crippen molar-refractivity contribution in [1.82, 2.24) is 5.43 Å². The van der Waals surface area contributed by atoms with Crippen molar-refractivity contribution in [3.05, 3.63) is 88.1 Å². The van der Waals surface area contributed by atoms with E-state index >= 15 is 0 Å². The maximum Gasteiger partial charge on any atom is 0.335 e. The zero-order chi connectivity index (χ0) is 23.8. The molecule has 0 saturated carbocycles. The molecule has 0 bridgehead atoms. The van der Waals surface area contributed by atoms with Gasteiger partial charge >= 0.3 is 5.97 Å². The lowest BCUT2D eigenvalue weighted by Crippen LogP contribution is -2.24. The number of hydrogen-bond acceptors (Lipinski definition) is 5. The molecule has 33 heavy (non-hydrogen) atoms. The molecule has 0 aromatic heterocycles. The highest BCUT2D eigenvalue weighted by atomic mass is 127. The summed E-state index contributed by atoms with van der Waals surface area (Å²) in [6, 6.07) is 17.8. The van der Waals surface area contributed by atoms with E-state index in [1.807, 2.05) is 30.3 Å². The van der Waals surface area contributed by atoms with Gasteiger partial charge in [0.1, 0.15) is 18.1 Å². The number of rotatable bonds is 9. The third-order valence-electron chi connectivity index (χ3n) is 4.20. The Balaban J connectivity index is 1.54. The molecule has 3 aromatic carbocycles. The number of carbonyl (C=O) groups excluding carboxylic acids is 1. The Morgan fingerprint density at radius 3 is 2.24 bits per heavy atom. The zero-order valence-corrected chi connectivity index (χ0v) is 23.4. The minimum atomic E-state index is -0.960. The second kappa shape index (κ2) is 12.5. The summed E-state index contributed by atoms with van der Waals surface area (Å²) in [5, 5.41) is 13.0. The SMILES string of the molecule is O=C(COc1ccccc1I)N/N=C/c1cc(I)c(OCc2ccc(C(=O)O)cc2)c(I)c1. The molecule has 0 aliphatic rings. The molecule has 10 heteroatoms. The zero-order valence-electron chi connectivity index (χ0n) is 16.9. The predicted octanol–water partition coefficient (Wildman–Crippen LogP) is 5.31. The number of para-hydroxylation sites is 1. The van der Waals surface area contributed by atoms with E-state index in [4.69, 9.17) is 14.6 Å². The highest BCUT2D eigenvalue weighted by Crippen LogP contribution is 2.29. The molecular formula is C23H17I3N2O5. The van der Waals surface area contributed by atoms with Gasteiger partial charge in [-0.05, 0) is 115 Å². The number of carboxylic acids is 1. The smallest absolute Gasteiger partial charge is 0.335 e. The van der Waals surface area contributed by atoms with Gasteiger partial charge in [0.2, 0.25) is 0 Å². The molecule has 0 spiro atoms. The molecule has 7 nitrogen and oxygen atoms in total. The van der Waals surface area contributed by atoms with Crippen LogP contribution in [0.2, 0.25) is 0 Å². The molecule has 3 rings (SSSR count). The number of nitrogens with one attached hydrogen (secondary N) is 1. The first-order valence-electron chi connectivity index (χ1n) is 9.47. The summed E-state index contributed by atoms with van der Waals surface area (Å²) >= 11 is 6.50. The molecular weight excluding hydrogens is 765 g/mol. The number of hydrazone groups is 1. The fraction of sp³-hybridized carbons (Fsp3) is 0.0870. The topological polar surface area (TPSA) is 97.2 Å². The second-order valence-electron chi connectivity index (χ2n) is 6.62. The van der Waals surface area contributed by atoms with Crippen LogP contribution in [0.15, 0.2) is 65.8 Å². The number of halogens is 3. The van der Waals surface area contributed by atoms with Crippen LogP contribution in [0.5, 0.6) is 11.5 Å². The van der Waals surface area contributed by atoms with E-state index in [1.54, 1.807) is 36.5 Å². The van der Waals surface area contributed by atoms with E-state index in [9.17, 15) is 9.59 Å². The fourth-order valence-corrected chi connectivity index (χ4v) is 5.28. The summed E-state index contributed by atoms with van der Waals surface area (Å²) in [6.45, 7) is 0.183. The first-order valence-corrected chi connectivity index (χ1v) is 12.7. The van der Waals surface area contributed by atoms with Crippen molar-refractivity contribution in [3.63, 3.8) is 0 Å². The summed E-state index contributed by atoms with van der Waals surface area (Å²) in [6.07, 6.45) is 1.56. The standard InChI is InChI=1S/C23H17I3N2O5/c24-17-3-1-2-4-20(17)32-13-21(29)28-27-11-15-9-18(25)22(19(26)10-15)33-12-14-5-7-16(8-6-14)23(30)31/h1-11H,12-13H2,(H,28,29)(H,30,31)/b27-11+. The summed E-state index contributed by atoms with van der Waals surface area (Å²) in [5.41, 5.74) is 4.37. The van der Waals surface area contributed by atoms with Gasteiger partial charge in [-0.3, -0.25) is 4.79 Å². The van der Waals surface area contributed by atoms with E-state index in [0.717, 1.165) is 27.6 Å². The number of ether oxygens (including phenoxy) is 2. The number of carbonyl (C=O) groups is 2. The third-order valence-corrected chi connectivity index (χ3v) is 6.70. The van der Waals surface area contributed by atoms with Gasteiger partial charge in [0, 0.05) is 0 Å². The minimum absolute atomic E-state index is 0.132. The van der Waals surface area contributed by atoms with Crippen LogP contribution in [0.3, 0.4) is 0 Å². The Morgan fingerprint density at radius 2 is 1.61 bits per heavy atom. The average molecular weight is 782 g/mol. The Kier molecular flexibility index (Phi) is 9.73. The predicted molar refractivity (Wildman–Crippen MR) is 150 cm³/mol. The lowest BCUT2D eigenvalue weighted by molar-refractivity contribution is -0.123. The molecule has 170 valence electrons. The van der Waals surface area contributed by atoms with Crippen LogP contribution in [0.4, 0.5) is 0 Å². The van der Waals surface area contributed by atoms with Crippen molar-refractivity contribution in [2.75, 3.05) is 6.61 Å². The summed E-state index contributed by atoms with van der Waals surface area (Å²) in [5.74, 6) is 0.0583. The minimum Gasteiger partial charge on any atom is -0.487 e. The molecule has 2 N–H and O–H groups in total. The summed E-state index contributed by atoms with van der Waals surface area (Å²) in [7, 11) is 0. The van der Waals surface area contributed by atoms with E-state index in [1.165, 1.54) is 0 Å². The first kappa shape index (κ1) is 25.7. The Morgan fingerprint density at radius 1 is 0.939 bits per heavy atom. The number of amides is 1. The van der Waals surface area contributed by atoms with E-state index in [2.05, 4.69) is 78.3 Å². The molecule has 0 atom stereocenters. The van der Waals surface area contributed by atoms with Crippen molar-refractivity contribution in [2.24, 2.45) is 5.10 Å². The molecule has 0 radical (unpaired) electrons. The van der Waals surface area contributed by atoms with Crippen molar-refractivity contribution >= 4 is 85.9 Å². The maximum atomic E-state index is 12.0. The largest absolute Gasteiger partial charge is 0.487 e. The van der Waals surface area contributed by atoms with E-state index in [0.29, 0.717) is 12.4 Å². The van der Waals surface area contributed by atoms with Gasteiger partial charge in [0.25, 0.3) is 5.91 Å². The van der Waals surface area contributed by atoms with E-state index in [-0.39, 0.29) is 18.1 Å². The van der Waals surface area contributed by atoms with Crippen LogP contribution in [0.1, 0.15) is 21.5 Å². The van der Waals surface area contributed by atoms with Gasteiger partial charge in [0.15, 0.2) is 6.61 Å². The van der Waals surface area contributed by atoms with Gasteiger partial charge in [0.05, 0.1) is 22.5 Å². The Hall–Kier alpha value is -1.94. The number of benzene rings is 3. The Labute approximate surface area is 231 Å². The van der Waals surface area contributed by atoms with Crippen LogP contribution in [0.25, 0.3) is 0 Å². The van der Waals surface area contributed by atoms with Crippen LogP contribution in [0, 0.1) is 10.7 Å². The lowest BCUT2D eigenvalue weighted by atomic mass is 10.1. The maximum absolute atomic E-state index is 12.0. The monoisotopic (exact) mass is 782 g/mol. The number of nitrogens with zero attached hydrogens (tertiary/aromatic N) is 1. The van der Waals surface area contributed by atoms with Crippen LogP contribution in [-0.4, -0.2) is 29.8 Å². The fourth-order valence-electron chi connectivity index (χ4n) is 2.61. The van der Waals surface area contributed by atoms with Crippen LogP contribution in [-0.2, 0) is 11.4 Å². The normalized spacial score (nSPS) is 10.8.